The lowest BCUT2D eigenvalue weighted by molar-refractivity contribution is 0.449. The van der Waals surface area contributed by atoms with Crippen LogP contribution < -0.4 is 5.32 Å². The van der Waals surface area contributed by atoms with E-state index >= 15 is 0 Å². The molecule has 20 heavy (non-hydrogen) atoms. The maximum atomic E-state index is 5.50. The Kier molecular flexibility index (Phi) is 5.44. The van der Waals surface area contributed by atoms with E-state index in [4.69, 9.17) is 4.42 Å². The van der Waals surface area contributed by atoms with Crippen LogP contribution in [-0.4, -0.2) is 6.54 Å². The summed E-state index contributed by atoms with van der Waals surface area (Å²) < 4.78 is 6.70. The minimum atomic E-state index is 0.298. The van der Waals surface area contributed by atoms with Gasteiger partial charge in [0.1, 0.15) is 5.76 Å². The van der Waals surface area contributed by atoms with Crippen molar-refractivity contribution in [3.63, 3.8) is 0 Å². The molecule has 1 aromatic carbocycles. The van der Waals surface area contributed by atoms with Crippen molar-refractivity contribution in [2.75, 3.05) is 6.54 Å². The number of rotatable bonds is 6. The summed E-state index contributed by atoms with van der Waals surface area (Å²) in [4.78, 5) is 0. The molecule has 2 aromatic rings. The van der Waals surface area contributed by atoms with Gasteiger partial charge in [0.15, 0.2) is 0 Å². The summed E-state index contributed by atoms with van der Waals surface area (Å²) in [6, 6.07) is 8.80. The number of hydrogen-bond donors (Lipinski definition) is 1. The van der Waals surface area contributed by atoms with Gasteiger partial charge in [0.05, 0.1) is 6.26 Å². The number of aryl methyl sites for hydroxylation is 2. The topological polar surface area (TPSA) is 25.2 Å². The zero-order valence-corrected chi connectivity index (χ0v) is 14.0. The zero-order chi connectivity index (χ0) is 14.5. The minimum Gasteiger partial charge on any atom is -0.469 e. The molecule has 108 valence electrons. The van der Waals surface area contributed by atoms with Crippen molar-refractivity contribution in [3.05, 3.63) is 57.5 Å². The standard InChI is InChI=1S/C17H22BrNO/c1-4-7-19-16(11-15-6-5-8-20-15)14-9-12(2)17(18)13(3)10-14/h5-6,8-10,16,19H,4,7,11H2,1-3H3. The Balaban J connectivity index is 2.25. The van der Waals surface area contributed by atoms with E-state index in [9.17, 15) is 0 Å². The van der Waals surface area contributed by atoms with E-state index < -0.39 is 0 Å². The quantitative estimate of drug-likeness (QED) is 0.808. The van der Waals surface area contributed by atoms with Crippen molar-refractivity contribution in [3.8, 4) is 0 Å². The zero-order valence-electron chi connectivity index (χ0n) is 12.4. The number of furan rings is 1. The smallest absolute Gasteiger partial charge is 0.105 e. The summed E-state index contributed by atoms with van der Waals surface area (Å²) in [7, 11) is 0. The number of halogens is 1. The maximum absolute atomic E-state index is 5.50. The highest BCUT2D eigenvalue weighted by Crippen LogP contribution is 2.27. The van der Waals surface area contributed by atoms with Crippen LogP contribution in [0.15, 0.2) is 39.4 Å². The SMILES string of the molecule is CCCNC(Cc1ccco1)c1cc(C)c(Br)c(C)c1. The Labute approximate surface area is 129 Å². The fourth-order valence-electron chi connectivity index (χ4n) is 2.44. The lowest BCUT2D eigenvalue weighted by atomic mass is 9.98. The molecule has 0 bridgehead atoms. The Morgan fingerprint density at radius 3 is 2.50 bits per heavy atom. The van der Waals surface area contributed by atoms with Gasteiger partial charge in [-0.15, -0.1) is 0 Å². The molecule has 0 saturated heterocycles. The Hall–Kier alpha value is -1.06. The van der Waals surface area contributed by atoms with E-state index in [1.165, 1.54) is 21.2 Å². The molecule has 0 amide bonds. The molecule has 0 spiro atoms. The van der Waals surface area contributed by atoms with E-state index in [2.05, 4.69) is 54.2 Å². The van der Waals surface area contributed by atoms with E-state index in [-0.39, 0.29) is 0 Å². The summed E-state index contributed by atoms with van der Waals surface area (Å²) in [5, 5.41) is 3.62. The molecule has 0 fully saturated rings. The van der Waals surface area contributed by atoms with Crippen molar-refractivity contribution < 1.29 is 4.42 Å². The van der Waals surface area contributed by atoms with Gasteiger partial charge >= 0.3 is 0 Å². The van der Waals surface area contributed by atoms with Crippen LogP contribution in [-0.2, 0) is 6.42 Å². The Morgan fingerprint density at radius 2 is 1.95 bits per heavy atom. The van der Waals surface area contributed by atoms with E-state index in [0.717, 1.165) is 25.1 Å². The van der Waals surface area contributed by atoms with E-state index in [1.54, 1.807) is 6.26 Å². The number of benzene rings is 1. The normalized spacial score (nSPS) is 12.6. The second-order valence-electron chi connectivity index (χ2n) is 5.26. The third kappa shape index (κ3) is 3.74. The van der Waals surface area contributed by atoms with Crippen LogP contribution in [0.3, 0.4) is 0 Å². The van der Waals surface area contributed by atoms with Crippen LogP contribution in [0.4, 0.5) is 0 Å². The highest BCUT2D eigenvalue weighted by molar-refractivity contribution is 9.10. The molecule has 2 rings (SSSR count). The highest BCUT2D eigenvalue weighted by Gasteiger charge is 2.15. The lowest BCUT2D eigenvalue weighted by Crippen LogP contribution is -2.24. The van der Waals surface area contributed by atoms with Crippen LogP contribution in [0, 0.1) is 13.8 Å². The van der Waals surface area contributed by atoms with Crippen LogP contribution >= 0.6 is 15.9 Å². The summed E-state index contributed by atoms with van der Waals surface area (Å²) in [5.41, 5.74) is 3.89. The highest BCUT2D eigenvalue weighted by atomic mass is 79.9. The molecule has 0 saturated carbocycles. The van der Waals surface area contributed by atoms with Gasteiger partial charge in [0.25, 0.3) is 0 Å². The van der Waals surface area contributed by atoms with Crippen LogP contribution in [0.2, 0.25) is 0 Å². The third-order valence-corrected chi connectivity index (χ3v) is 4.74. The summed E-state index contributed by atoms with van der Waals surface area (Å²) in [6.45, 7) is 7.49. The van der Waals surface area contributed by atoms with E-state index in [0.29, 0.717) is 6.04 Å². The molecular weight excluding hydrogens is 314 g/mol. The van der Waals surface area contributed by atoms with Crippen molar-refractivity contribution in [2.45, 2.75) is 39.7 Å². The van der Waals surface area contributed by atoms with Crippen molar-refractivity contribution >= 4 is 15.9 Å². The fourth-order valence-corrected chi connectivity index (χ4v) is 2.67. The molecule has 0 aliphatic heterocycles. The predicted octanol–water partition coefficient (Wildman–Crippen LogP) is 4.94. The predicted molar refractivity (Wildman–Crippen MR) is 87.1 cm³/mol. The van der Waals surface area contributed by atoms with E-state index in [1.807, 2.05) is 12.1 Å². The summed E-state index contributed by atoms with van der Waals surface area (Å²) in [5.74, 6) is 1.02. The second-order valence-corrected chi connectivity index (χ2v) is 6.05. The van der Waals surface area contributed by atoms with Crippen LogP contribution in [0.25, 0.3) is 0 Å². The fraction of sp³-hybridized carbons (Fsp3) is 0.412. The molecule has 1 aromatic heterocycles. The number of hydrogen-bond acceptors (Lipinski definition) is 2. The molecule has 0 aliphatic carbocycles. The van der Waals surface area contributed by atoms with Crippen molar-refractivity contribution in [2.24, 2.45) is 0 Å². The van der Waals surface area contributed by atoms with Gasteiger partial charge in [-0.1, -0.05) is 35.0 Å². The van der Waals surface area contributed by atoms with Crippen molar-refractivity contribution in [1.29, 1.82) is 0 Å². The first kappa shape index (κ1) is 15.3. The first-order chi connectivity index (χ1) is 9.61. The molecule has 1 unspecified atom stereocenters. The summed E-state index contributed by atoms with van der Waals surface area (Å²) >= 11 is 3.64. The van der Waals surface area contributed by atoms with Gasteiger partial charge in [0, 0.05) is 16.9 Å². The molecule has 1 N–H and O–H groups in total. The largest absolute Gasteiger partial charge is 0.469 e. The lowest BCUT2D eigenvalue weighted by Gasteiger charge is -2.20. The van der Waals surface area contributed by atoms with Gasteiger partial charge in [-0.3, -0.25) is 0 Å². The van der Waals surface area contributed by atoms with Gasteiger partial charge in [0.2, 0.25) is 0 Å². The van der Waals surface area contributed by atoms with Gasteiger partial charge in [-0.25, -0.2) is 0 Å². The van der Waals surface area contributed by atoms with Gasteiger partial charge < -0.3 is 9.73 Å². The van der Waals surface area contributed by atoms with Gasteiger partial charge in [-0.05, 0) is 55.6 Å². The molecular formula is C17H22BrNO. The molecule has 3 heteroatoms. The second kappa shape index (κ2) is 7.09. The molecule has 1 atom stereocenters. The first-order valence-electron chi connectivity index (χ1n) is 7.14. The average Bonchev–Trinajstić information content (AvgIpc) is 2.93. The molecule has 2 nitrogen and oxygen atoms in total. The molecule has 1 heterocycles. The van der Waals surface area contributed by atoms with Gasteiger partial charge in [-0.2, -0.15) is 0 Å². The van der Waals surface area contributed by atoms with Crippen LogP contribution in [0.1, 0.15) is 41.8 Å². The third-order valence-electron chi connectivity index (χ3n) is 3.49. The average molecular weight is 336 g/mol. The molecule has 0 radical (unpaired) electrons. The monoisotopic (exact) mass is 335 g/mol. The minimum absolute atomic E-state index is 0.298. The Morgan fingerprint density at radius 1 is 1.25 bits per heavy atom. The Bertz CT molecular complexity index is 525. The first-order valence-corrected chi connectivity index (χ1v) is 7.93. The maximum Gasteiger partial charge on any atom is 0.105 e. The molecule has 0 aliphatic rings. The summed E-state index contributed by atoms with van der Waals surface area (Å²) in [6.07, 6.45) is 3.75. The van der Waals surface area contributed by atoms with Crippen LogP contribution in [0.5, 0.6) is 0 Å². The number of nitrogens with one attached hydrogen (secondary N) is 1. The van der Waals surface area contributed by atoms with Crippen molar-refractivity contribution in [1.82, 2.24) is 5.32 Å².